The maximum atomic E-state index is 8.76. The number of halogens is 1. The lowest BCUT2D eigenvalue weighted by molar-refractivity contribution is 0.432. The normalized spacial score (nSPS) is 9.87. The highest BCUT2D eigenvalue weighted by molar-refractivity contribution is 6.17. The molecule has 2 aromatic rings. The lowest BCUT2D eigenvalue weighted by Gasteiger charge is -1.98. The smallest absolute Gasteiger partial charge is 0.171 e. The molecule has 0 unspecified atom stereocenters. The topological polar surface area (TPSA) is 49.8 Å². The molecule has 1 aromatic carbocycles. The fourth-order valence-electron chi connectivity index (χ4n) is 1.32. The SMILES string of the molecule is N#Cc1cccc(-c2oncc2CCl)c1. The fourth-order valence-corrected chi connectivity index (χ4v) is 1.51. The molecule has 0 aliphatic rings. The van der Waals surface area contributed by atoms with Crippen LogP contribution in [-0.4, -0.2) is 5.16 Å². The minimum atomic E-state index is 0.343. The fraction of sp³-hybridized carbons (Fsp3) is 0.0909. The van der Waals surface area contributed by atoms with E-state index in [9.17, 15) is 0 Å². The highest BCUT2D eigenvalue weighted by Gasteiger charge is 2.09. The van der Waals surface area contributed by atoms with Crippen LogP contribution in [0.3, 0.4) is 0 Å². The van der Waals surface area contributed by atoms with Crippen LogP contribution in [0.2, 0.25) is 0 Å². The summed E-state index contributed by atoms with van der Waals surface area (Å²) in [5.41, 5.74) is 2.23. The number of nitrogens with zero attached hydrogens (tertiary/aromatic N) is 2. The molecule has 0 N–H and O–H groups in total. The van der Waals surface area contributed by atoms with Crippen molar-refractivity contribution >= 4 is 11.6 Å². The van der Waals surface area contributed by atoms with Crippen LogP contribution in [0.1, 0.15) is 11.1 Å². The summed E-state index contributed by atoms with van der Waals surface area (Å²) in [6, 6.07) is 9.21. The predicted molar refractivity (Wildman–Crippen MR) is 56.2 cm³/mol. The van der Waals surface area contributed by atoms with Gasteiger partial charge in [-0.15, -0.1) is 11.6 Å². The number of hydrogen-bond donors (Lipinski definition) is 0. The van der Waals surface area contributed by atoms with Crippen LogP contribution in [0.4, 0.5) is 0 Å². The molecular formula is C11H7ClN2O. The Morgan fingerprint density at radius 3 is 3.07 bits per heavy atom. The number of benzene rings is 1. The first kappa shape index (κ1) is 9.75. The van der Waals surface area contributed by atoms with E-state index in [1.807, 2.05) is 6.07 Å². The largest absolute Gasteiger partial charge is 0.356 e. The van der Waals surface area contributed by atoms with Crippen molar-refractivity contribution in [2.24, 2.45) is 0 Å². The number of rotatable bonds is 2. The summed E-state index contributed by atoms with van der Waals surface area (Å²) < 4.78 is 5.10. The molecule has 0 atom stereocenters. The van der Waals surface area contributed by atoms with Crippen LogP contribution >= 0.6 is 11.6 Å². The van der Waals surface area contributed by atoms with Gasteiger partial charge in [-0.3, -0.25) is 0 Å². The monoisotopic (exact) mass is 218 g/mol. The molecule has 1 heterocycles. The van der Waals surface area contributed by atoms with E-state index in [0.717, 1.165) is 11.1 Å². The quantitative estimate of drug-likeness (QED) is 0.729. The van der Waals surface area contributed by atoms with Crippen molar-refractivity contribution in [3.05, 3.63) is 41.6 Å². The van der Waals surface area contributed by atoms with Gasteiger partial charge in [0.2, 0.25) is 0 Å². The van der Waals surface area contributed by atoms with Gasteiger partial charge >= 0.3 is 0 Å². The molecule has 4 heteroatoms. The van der Waals surface area contributed by atoms with E-state index in [4.69, 9.17) is 21.4 Å². The van der Waals surface area contributed by atoms with E-state index < -0.39 is 0 Å². The van der Waals surface area contributed by atoms with Gasteiger partial charge in [-0.25, -0.2) is 0 Å². The first-order chi connectivity index (χ1) is 7.35. The molecule has 0 saturated carbocycles. The number of nitriles is 1. The second-order valence-corrected chi connectivity index (χ2v) is 3.27. The van der Waals surface area contributed by atoms with E-state index in [1.54, 1.807) is 24.4 Å². The third-order valence-corrected chi connectivity index (χ3v) is 2.33. The number of aromatic nitrogens is 1. The zero-order valence-corrected chi connectivity index (χ0v) is 8.53. The first-order valence-corrected chi connectivity index (χ1v) is 4.88. The summed E-state index contributed by atoms with van der Waals surface area (Å²) in [6.07, 6.45) is 1.58. The summed E-state index contributed by atoms with van der Waals surface area (Å²) >= 11 is 5.73. The van der Waals surface area contributed by atoms with Gasteiger partial charge in [0, 0.05) is 11.1 Å². The second kappa shape index (κ2) is 4.16. The van der Waals surface area contributed by atoms with Gasteiger partial charge in [0.05, 0.1) is 23.7 Å². The Morgan fingerprint density at radius 1 is 1.47 bits per heavy atom. The van der Waals surface area contributed by atoms with Crippen LogP contribution in [0, 0.1) is 11.3 Å². The van der Waals surface area contributed by atoms with Crippen molar-refractivity contribution in [1.29, 1.82) is 5.26 Å². The molecule has 0 bridgehead atoms. The van der Waals surface area contributed by atoms with E-state index in [2.05, 4.69) is 11.2 Å². The van der Waals surface area contributed by atoms with E-state index in [-0.39, 0.29) is 0 Å². The zero-order chi connectivity index (χ0) is 10.7. The average Bonchev–Trinajstić information content (AvgIpc) is 2.77. The van der Waals surface area contributed by atoms with Gasteiger partial charge in [0.1, 0.15) is 0 Å². The Labute approximate surface area is 91.9 Å². The Balaban J connectivity index is 2.50. The van der Waals surface area contributed by atoms with Gasteiger partial charge in [-0.05, 0) is 12.1 Å². The summed E-state index contributed by atoms with van der Waals surface area (Å²) in [5.74, 6) is 0.970. The first-order valence-electron chi connectivity index (χ1n) is 4.35. The van der Waals surface area contributed by atoms with Crippen LogP contribution in [0.25, 0.3) is 11.3 Å². The van der Waals surface area contributed by atoms with Crippen molar-refractivity contribution < 1.29 is 4.52 Å². The van der Waals surface area contributed by atoms with Crippen molar-refractivity contribution in [3.63, 3.8) is 0 Å². The van der Waals surface area contributed by atoms with Crippen LogP contribution in [-0.2, 0) is 5.88 Å². The summed E-state index contributed by atoms with van der Waals surface area (Å²) in [7, 11) is 0. The van der Waals surface area contributed by atoms with Gasteiger partial charge < -0.3 is 4.52 Å². The molecule has 74 valence electrons. The van der Waals surface area contributed by atoms with E-state index in [0.29, 0.717) is 17.2 Å². The van der Waals surface area contributed by atoms with Crippen molar-refractivity contribution in [1.82, 2.24) is 5.16 Å². The molecule has 3 nitrogen and oxygen atoms in total. The number of alkyl halides is 1. The maximum absolute atomic E-state index is 8.76. The van der Waals surface area contributed by atoms with E-state index >= 15 is 0 Å². The van der Waals surface area contributed by atoms with Gasteiger partial charge in [-0.2, -0.15) is 5.26 Å². The molecule has 2 rings (SSSR count). The molecular weight excluding hydrogens is 212 g/mol. The molecule has 0 fully saturated rings. The summed E-state index contributed by atoms with van der Waals surface area (Å²) in [4.78, 5) is 0. The maximum Gasteiger partial charge on any atom is 0.171 e. The molecule has 0 spiro atoms. The van der Waals surface area contributed by atoms with Crippen LogP contribution in [0.15, 0.2) is 35.0 Å². The molecule has 0 aliphatic heterocycles. The Bertz CT molecular complexity index is 513. The average molecular weight is 219 g/mol. The summed E-state index contributed by atoms with van der Waals surface area (Å²) in [6.45, 7) is 0. The van der Waals surface area contributed by atoms with Crippen molar-refractivity contribution in [3.8, 4) is 17.4 Å². The molecule has 0 saturated heterocycles. The highest BCUT2D eigenvalue weighted by Crippen LogP contribution is 2.25. The van der Waals surface area contributed by atoms with Crippen molar-refractivity contribution in [2.75, 3.05) is 0 Å². The Kier molecular flexibility index (Phi) is 2.70. The van der Waals surface area contributed by atoms with Crippen molar-refractivity contribution in [2.45, 2.75) is 5.88 Å². The Hall–Kier alpha value is -1.79. The number of hydrogen-bond acceptors (Lipinski definition) is 3. The molecule has 0 radical (unpaired) electrons. The summed E-state index contributed by atoms with van der Waals surface area (Å²) in [5, 5.41) is 12.4. The zero-order valence-electron chi connectivity index (χ0n) is 7.77. The standard InChI is InChI=1S/C11H7ClN2O/c12-5-10-7-14-15-11(10)9-3-1-2-8(4-9)6-13/h1-4,7H,5H2. The van der Waals surface area contributed by atoms with Gasteiger partial charge in [-0.1, -0.05) is 17.3 Å². The lowest BCUT2D eigenvalue weighted by Crippen LogP contribution is -1.81. The molecule has 15 heavy (non-hydrogen) atoms. The highest BCUT2D eigenvalue weighted by atomic mass is 35.5. The minimum Gasteiger partial charge on any atom is -0.356 e. The minimum absolute atomic E-state index is 0.343. The molecule has 0 amide bonds. The molecule has 0 aliphatic carbocycles. The van der Waals surface area contributed by atoms with Gasteiger partial charge in [0.15, 0.2) is 5.76 Å². The Morgan fingerprint density at radius 2 is 2.33 bits per heavy atom. The predicted octanol–water partition coefficient (Wildman–Crippen LogP) is 2.95. The lowest BCUT2D eigenvalue weighted by atomic mass is 10.1. The van der Waals surface area contributed by atoms with Crippen LogP contribution < -0.4 is 0 Å². The second-order valence-electron chi connectivity index (χ2n) is 3.01. The van der Waals surface area contributed by atoms with Gasteiger partial charge in [0.25, 0.3) is 0 Å². The third kappa shape index (κ3) is 1.85. The molecule has 1 aromatic heterocycles. The van der Waals surface area contributed by atoms with Crippen LogP contribution in [0.5, 0.6) is 0 Å². The third-order valence-electron chi connectivity index (χ3n) is 2.04. The van der Waals surface area contributed by atoms with E-state index in [1.165, 1.54) is 0 Å².